The van der Waals surface area contributed by atoms with E-state index in [9.17, 15) is 0 Å². The molecule has 0 atom stereocenters. The number of hydrogen-bond acceptors (Lipinski definition) is 3. The third-order valence-electron chi connectivity index (χ3n) is 5.93. The fourth-order valence-corrected chi connectivity index (χ4v) is 4.11. The first-order valence-corrected chi connectivity index (χ1v) is 10.8. The molecule has 2 aromatic rings. The van der Waals surface area contributed by atoms with Crippen molar-refractivity contribution in [3.8, 4) is 17.1 Å². The molecule has 3 heteroatoms. The van der Waals surface area contributed by atoms with Crippen LogP contribution in [0.2, 0.25) is 0 Å². The molecular weight excluding hydrogens is 332 g/mol. The number of benzene rings is 1. The molecule has 0 bridgehead atoms. The van der Waals surface area contributed by atoms with Crippen molar-refractivity contribution in [2.24, 2.45) is 11.8 Å². The van der Waals surface area contributed by atoms with Crippen LogP contribution in [0.1, 0.15) is 70.8 Å². The van der Waals surface area contributed by atoms with Crippen LogP contribution in [0.25, 0.3) is 11.4 Å². The molecule has 0 spiro atoms. The van der Waals surface area contributed by atoms with E-state index in [1.165, 1.54) is 44.1 Å². The lowest BCUT2D eigenvalue weighted by Crippen LogP contribution is -2.14. The predicted octanol–water partition coefficient (Wildman–Crippen LogP) is 6.47. The van der Waals surface area contributed by atoms with E-state index < -0.39 is 0 Å². The van der Waals surface area contributed by atoms with Crippen LogP contribution in [0.5, 0.6) is 5.75 Å². The summed E-state index contributed by atoms with van der Waals surface area (Å²) >= 11 is 0. The highest BCUT2D eigenvalue weighted by Crippen LogP contribution is 2.33. The van der Waals surface area contributed by atoms with Crippen molar-refractivity contribution in [1.29, 1.82) is 0 Å². The average molecular weight is 367 g/mol. The van der Waals surface area contributed by atoms with Gasteiger partial charge in [-0.1, -0.05) is 52.4 Å². The molecular formula is C24H34N2O. The quantitative estimate of drug-likeness (QED) is 0.477. The Morgan fingerprint density at radius 1 is 0.926 bits per heavy atom. The number of hydrogen-bond donors (Lipinski definition) is 0. The van der Waals surface area contributed by atoms with E-state index in [1.54, 1.807) is 0 Å². The first-order chi connectivity index (χ1) is 13.3. The number of nitrogens with zero attached hydrogens (tertiary/aromatic N) is 2. The van der Waals surface area contributed by atoms with Gasteiger partial charge in [-0.15, -0.1) is 0 Å². The van der Waals surface area contributed by atoms with E-state index in [2.05, 4.69) is 35.9 Å². The van der Waals surface area contributed by atoms with Gasteiger partial charge in [0.2, 0.25) is 0 Å². The van der Waals surface area contributed by atoms with Crippen LogP contribution in [0.15, 0.2) is 36.7 Å². The highest BCUT2D eigenvalue weighted by atomic mass is 16.5. The van der Waals surface area contributed by atoms with Gasteiger partial charge in [-0.3, -0.25) is 0 Å². The maximum absolute atomic E-state index is 5.94. The zero-order valence-electron chi connectivity index (χ0n) is 17.0. The Kier molecular flexibility index (Phi) is 7.67. The highest BCUT2D eigenvalue weighted by Gasteiger charge is 2.19. The molecule has 1 heterocycles. The SMILES string of the molecule is CCCc1cnc(-c2ccc(OCCC[C@H]3CC[C@H](CC)CC3)cc2)nc1. The summed E-state index contributed by atoms with van der Waals surface area (Å²) in [6, 6.07) is 8.17. The minimum atomic E-state index is 0.782. The molecule has 0 aliphatic heterocycles. The fraction of sp³-hybridized carbons (Fsp3) is 0.583. The minimum Gasteiger partial charge on any atom is -0.494 e. The minimum absolute atomic E-state index is 0.782. The number of ether oxygens (including phenoxy) is 1. The summed E-state index contributed by atoms with van der Waals surface area (Å²) in [5.41, 5.74) is 2.24. The van der Waals surface area contributed by atoms with Crippen LogP contribution < -0.4 is 4.74 Å². The Morgan fingerprint density at radius 3 is 2.22 bits per heavy atom. The van der Waals surface area contributed by atoms with Gasteiger partial charge in [0.25, 0.3) is 0 Å². The van der Waals surface area contributed by atoms with Crippen LogP contribution >= 0.6 is 0 Å². The van der Waals surface area contributed by atoms with Gasteiger partial charge < -0.3 is 4.74 Å². The molecule has 1 aliphatic carbocycles. The monoisotopic (exact) mass is 366 g/mol. The zero-order chi connectivity index (χ0) is 18.9. The average Bonchev–Trinajstić information content (AvgIpc) is 2.73. The molecule has 1 aliphatic rings. The van der Waals surface area contributed by atoms with Gasteiger partial charge in [0.1, 0.15) is 5.75 Å². The summed E-state index contributed by atoms with van der Waals surface area (Å²) in [6.07, 6.45) is 15.6. The molecule has 0 unspecified atom stereocenters. The van der Waals surface area contributed by atoms with Gasteiger partial charge in [0, 0.05) is 18.0 Å². The first-order valence-electron chi connectivity index (χ1n) is 10.8. The molecule has 27 heavy (non-hydrogen) atoms. The number of aromatic nitrogens is 2. The molecule has 1 saturated carbocycles. The van der Waals surface area contributed by atoms with E-state index in [0.29, 0.717) is 0 Å². The summed E-state index contributed by atoms with van der Waals surface area (Å²) < 4.78 is 5.94. The molecule has 0 N–H and O–H groups in total. The van der Waals surface area contributed by atoms with Gasteiger partial charge in [-0.2, -0.15) is 0 Å². The van der Waals surface area contributed by atoms with E-state index in [1.807, 2.05) is 24.5 Å². The topological polar surface area (TPSA) is 35.0 Å². The summed E-state index contributed by atoms with van der Waals surface area (Å²) in [6.45, 7) is 5.32. The van der Waals surface area contributed by atoms with Gasteiger partial charge >= 0.3 is 0 Å². The Morgan fingerprint density at radius 2 is 1.59 bits per heavy atom. The van der Waals surface area contributed by atoms with Crippen molar-refractivity contribution in [3.63, 3.8) is 0 Å². The third-order valence-corrected chi connectivity index (χ3v) is 5.93. The lowest BCUT2D eigenvalue weighted by atomic mass is 9.79. The second kappa shape index (κ2) is 10.4. The molecule has 3 rings (SSSR count). The van der Waals surface area contributed by atoms with Crippen LogP contribution in [-0.4, -0.2) is 16.6 Å². The van der Waals surface area contributed by atoms with Crippen molar-refractivity contribution in [2.45, 2.75) is 71.6 Å². The van der Waals surface area contributed by atoms with E-state index in [0.717, 1.165) is 54.8 Å². The highest BCUT2D eigenvalue weighted by molar-refractivity contribution is 5.55. The first kappa shape index (κ1) is 19.9. The summed E-state index contributed by atoms with van der Waals surface area (Å²) in [5, 5.41) is 0. The Labute approximate surface area is 164 Å². The summed E-state index contributed by atoms with van der Waals surface area (Å²) in [5.74, 6) is 3.63. The largest absolute Gasteiger partial charge is 0.494 e. The Balaban J connectivity index is 1.40. The zero-order valence-corrected chi connectivity index (χ0v) is 17.0. The van der Waals surface area contributed by atoms with Crippen molar-refractivity contribution >= 4 is 0 Å². The Hall–Kier alpha value is -1.90. The van der Waals surface area contributed by atoms with Gasteiger partial charge in [0.15, 0.2) is 5.82 Å². The summed E-state index contributed by atoms with van der Waals surface area (Å²) in [7, 11) is 0. The Bertz CT molecular complexity index is 658. The van der Waals surface area contributed by atoms with Gasteiger partial charge in [0.05, 0.1) is 6.61 Å². The third kappa shape index (κ3) is 6.05. The van der Waals surface area contributed by atoms with Crippen molar-refractivity contribution < 1.29 is 4.74 Å². The van der Waals surface area contributed by atoms with Crippen LogP contribution in [-0.2, 0) is 6.42 Å². The molecule has 146 valence electrons. The maximum atomic E-state index is 5.94. The second-order valence-electron chi connectivity index (χ2n) is 7.97. The molecule has 1 aromatic heterocycles. The van der Waals surface area contributed by atoms with Crippen LogP contribution in [0.4, 0.5) is 0 Å². The van der Waals surface area contributed by atoms with Crippen LogP contribution in [0.3, 0.4) is 0 Å². The molecule has 0 radical (unpaired) electrons. The molecule has 0 amide bonds. The molecule has 0 saturated heterocycles. The fourth-order valence-electron chi connectivity index (χ4n) is 4.11. The maximum Gasteiger partial charge on any atom is 0.159 e. The van der Waals surface area contributed by atoms with E-state index in [-0.39, 0.29) is 0 Å². The summed E-state index contributed by atoms with van der Waals surface area (Å²) in [4.78, 5) is 8.97. The molecule has 1 aromatic carbocycles. The lowest BCUT2D eigenvalue weighted by molar-refractivity contribution is 0.234. The van der Waals surface area contributed by atoms with E-state index in [4.69, 9.17) is 4.74 Å². The normalized spacial score (nSPS) is 19.8. The van der Waals surface area contributed by atoms with Crippen molar-refractivity contribution in [1.82, 2.24) is 9.97 Å². The van der Waals surface area contributed by atoms with Crippen LogP contribution in [0, 0.1) is 11.8 Å². The predicted molar refractivity (Wildman–Crippen MR) is 112 cm³/mol. The van der Waals surface area contributed by atoms with E-state index >= 15 is 0 Å². The molecule has 3 nitrogen and oxygen atoms in total. The number of rotatable bonds is 9. The van der Waals surface area contributed by atoms with Gasteiger partial charge in [-0.05, 0) is 60.9 Å². The molecule has 1 fully saturated rings. The van der Waals surface area contributed by atoms with Gasteiger partial charge in [-0.25, -0.2) is 9.97 Å². The number of aryl methyl sites for hydroxylation is 1. The van der Waals surface area contributed by atoms with Crippen molar-refractivity contribution in [2.75, 3.05) is 6.61 Å². The lowest BCUT2D eigenvalue weighted by Gasteiger charge is -2.27. The van der Waals surface area contributed by atoms with Crippen molar-refractivity contribution in [3.05, 3.63) is 42.2 Å². The standard InChI is InChI=1S/C24H34N2O/c1-3-6-21-17-25-24(26-18-21)22-12-14-23(15-13-22)27-16-5-7-20-10-8-19(4-2)9-11-20/h12-15,17-20H,3-11,16H2,1-2H3/t19-,20-. The smallest absolute Gasteiger partial charge is 0.159 e. The second-order valence-corrected chi connectivity index (χ2v) is 7.97.